The Morgan fingerprint density at radius 3 is 2.78 bits per heavy atom. The van der Waals surface area contributed by atoms with E-state index in [0.29, 0.717) is 12.1 Å². The monoisotopic (exact) mass is 271 g/mol. The van der Waals surface area contributed by atoms with Crippen LogP contribution in [0.3, 0.4) is 0 Å². The number of amides is 1. The molecule has 1 aromatic carbocycles. The van der Waals surface area contributed by atoms with E-state index in [0.717, 1.165) is 6.42 Å². The second-order valence-electron chi connectivity index (χ2n) is 3.81. The number of hydrogen-bond acceptors (Lipinski definition) is 4. The Morgan fingerprint density at radius 2 is 2.28 bits per heavy atom. The summed E-state index contributed by atoms with van der Waals surface area (Å²) in [5, 5.41) is 13.2. The lowest BCUT2D eigenvalue weighted by Gasteiger charge is -2.12. The van der Waals surface area contributed by atoms with Crippen LogP contribution < -0.4 is 11.1 Å². The summed E-state index contributed by atoms with van der Waals surface area (Å²) in [7, 11) is 0. The lowest BCUT2D eigenvalue weighted by molar-refractivity contribution is -0.384. The van der Waals surface area contributed by atoms with E-state index < -0.39 is 11.0 Å². The zero-order chi connectivity index (χ0) is 13.7. The zero-order valence-electron chi connectivity index (χ0n) is 9.85. The van der Waals surface area contributed by atoms with Crippen molar-refractivity contribution in [2.24, 2.45) is 5.73 Å². The normalized spacial score (nSPS) is 11.9. The highest BCUT2D eigenvalue weighted by Crippen LogP contribution is 2.26. The maximum Gasteiger partial charge on any atom is 0.271 e. The highest BCUT2D eigenvalue weighted by molar-refractivity contribution is 6.34. The van der Waals surface area contributed by atoms with Gasteiger partial charge < -0.3 is 11.1 Å². The van der Waals surface area contributed by atoms with E-state index in [1.54, 1.807) is 0 Å². The molecule has 1 rings (SSSR count). The van der Waals surface area contributed by atoms with Gasteiger partial charge in [0.1, 0.15) is 0 Å². The van der Waals surface area contributed by atoms with Crippen LogP contribution in [0, 0.1) is 10.1 Å². The van der Waals surface area contributed by atoms with Gasteiger partial charge in [-0.3, -0.25) is 14.9 Å². The summed E-state index contributed by atoms with van der Waals surface area (Å²) in [6, 6.07) is 3.23. The predicted octanol–water partition coefficient (Wildman–Crippen LogP) is 2.31. The number of halogens is 1. The van der Waals surface area contributed by atoms with Gasteiger partial charge in [-0.2, -0.15) is 0 Å². The Bertz CT molecular complexity index is 465. The van der Waals surface area contributed by atoms with Crippen LogP contribution in [0.25, 0.3) is 0 Å². The molecule has 6 nitrogen and oxygen atoms in total. The van der Waals surface area contributed by atoms with E-state index in [1.165, 1.54) is 18.2 Å². The van der Waals surface area contributed by atoms with Gasteiger partial charge in [-0.15, -0.1) is 0 Å². The lowest BCUT2D eigenvalue weighted by Crippen LogP contribution is -2.35. The Kier molecular flexibility index (Phi) is 5.06. The number of carbonyl (C=O) groups excluding carboxylic acids is 1. The van der Waals surface area contributed by atoms with Gasteiger partial charge in [-0.1, -0.05) is 24.9 Å². The number of nitro benzene ring substituents is 1. The van der Waals surface area contributed by atoms with E-state index in [4.69, 9.17) is 17.3 Å². The molecule has 1 atom stereocenters. The molecule has 0 aliphatic heterocycles. The third-order valence-corrected chi connectivity index (χ3v) is 2.67. The van der Waals surface area contributed by atoms with Gasteiger partial charge in [0, 0.05) is 12.1 Å². The first-order valence-electron chi connectivity index (χ1n) is 5.46. The minimum atomic E-state index is -0.610. The molecule has 98 valence electrons. The molecule has 0 unspecified atom stereocenters. The van der Waals surface area contributed by atoms with E-state index >= 15 is 0 Å². The maximum absolute atomic E-state index is 11.6. The third kappa shape index (κ3) is 3.68. The first-order valence-corrected chi connectivity index (χ1v) is 5.84. The summed E-state index contributed by atoms with van der Waals surface area (Å²) in [6.07, 6.45) is 1.36. The molecule has 0 spiro atoms. The molecule has 7 heteroatoms. The van der Waals surface area contributed by atoms with Crippen LogP contribution in [0.4, 0.5) is 11.4 Å². The van der Waals surface area contributed by atoms with Crippen molar-refractivity contribution < 1.29 is 9.72 Å². The number of benzene rings is 1. The lowest BCUT2D eigenvalue weighted by atomic mass is 10.1. The Hall–Kier alpha value is -1.66. The minimum Gasteiger partial charge on any atom is -0.323 e. The molecule has 0 saturated heterocycles. The summed E-state index contributed by atoms with van der Waals surface area (Å²) in [5.41, 5.74) is 5.83. The molecule has 0 saturated carbocycles. The number of carbonyl (C=O) groups is 1. The highest BCUT2D eigenvalue weighted by Gasteiger charge is 2.15. The van der Waals surface area contributed by atoms with Crippen molar-refractivity contribution in [3.05, 3.63) is 33.3 Å². The fourth-order valence-corrected chi connectivity index (χ4v) is 1.61. The summed E-state index contributed by atoms with van der Waals surface area (Å²) in [5.74, 6) is -0.354. The summed E-state index contributed by atoms with van der Waals surface area (Å²) >= 11 is 5.84. The van der Waals surface area contributed by atoms with E-state index in [2.05, 4.69) is 5.32 Å². The molecule has 0 aliphatic carbocycles. The molecule has 1 aromatic rings. The van der Waals surface area contributed by atoms with Crippen LogP contribution in [-0.2, 0) is 4.79 Å². The van der Waals surface area contributed by atoms with Crippen molar-refractivity contribution in [2.45, 2.75) is 25.8 Å². The maximum atomic E-state index is 11.6. The van der Waals surface area contributed by atoms with Crippen LogP contribution in [0.5, 0.6) is 0 Å². The smallest absolute Gasteiger partial charge is 0.271 e. The van der Waals surface area contributed by atoms with Gasteiger partial charge in [0.05, 0.1) is 21.7 Å². The van der Waals surface area contributed by atoms with Crippen molar-refractivity contribution in [3.63, 3.8) is 0 Å². The Labute approximate surface area is 109 Å². The average molecular weight is 272 g/mol. The van der Waals surface area contributed by atoms with Gasteiger partial charge in [-0.25, -0.2) is 0 Å². The summed E-state index contributed by atoms with van der Waals surface area (Å²) in [6.45, 7) is 1.92. The molecule has 0 fully saturated rings. The highest BCUT2D eigenvalue weighted by atomic mass is 35.5. The number of nitrogens with zero attached hydrogens (tertiary/aromatic N) is 1. The molecule has 18 heavy (non-hydrogen) atoms. The second kappa shape index (κ2) is 6.32. The number of rotatable bonds is 5. The number of non-ortho nitro benzene ring substituents is 1. The molecule has 0 aliphatic rings. The van der Waals surface area contributed by atoms with Crippen molar-refractivity contribution in [1.82, 2.24) is 0 Å². The largest absolute Gasteiger partial charge is 0.323 e. The predicted molar refractivity (Wildman–Crippen MR) is 69.6 cm³/mol. The van der Waals surface area contributed by atoms with Gasteiger partial charge in [0.2, 0.25) is 5.91 Å². The topological polar surface area (TPSA) is 98.3 Å². The Balaban J connectivity index is 2.79. The number of nitrogens with one attached hydrogen (secondary N) is 1. The summed E-state index contributed by atoms with van der Waals surface area (Å²) in [4.78, 5) is 21.6. The van der Waals surface area contributed by atoms with Crippen molar-refractivity contribution in [3.8, 4) is 0 Å². The fraction of sp³-hybridized carbons (Fsp3) is 0.364. The van der Waals surface area contributed by atoms with Crippen LogP contribution in [0.1, 0.15) is 19.8 Å². The second-order valence-corrected chi connectivity index (χ2v) is 4.21. The van der Waals surface area contributed by atoms with Crippen LogP contribution in [-0.4, -0.2) is 16.9 Å². The van der Waals surface area contributed by atoms with Crippen LogP contribution >= 0.6 is 11.6 Å². The molecule has 3 N–H and O–H groups in total. The average Bonchev–Trinajstić information content (AvgIpc) is 2.31. The molecular formula is C11H14ClN3O3. The Morgan fingerprint density at radius 1 is 1.61 bits per heavy atom. The quantitative estimate of drug-likeness (QED) is 0.634. The zero-order valence-corrected chi connectivity index (χ0v) is 10.6. The van der Waals surface area contributed by atoms with Crippen molar-refractivity contribution >= 4 is 28.9 Å². The van der Waals surface area contributed by atoms with Gasteiger partial charge >= 0.3 is 0 Å². The van der Waals surface area contributed by atoms with E-state index in [1.807, 2.05) is 6.92 Å². The molecular weight excluding hydrogens is 258 g/mol. The number of nitrogens with two attached hydrogens (primary N) is 1. The van der Waals surface area contributed by atoms with Gasteiger partial charge in [0.25, 0.3) is 5.69 Å². The number of nitro groups is 1. The molecule has 0 aromatic heterocycles. The SMILES string of the molecule is CCC[C@@H](N)C(=O)Nc1ccc([N+](=O)[O-])cc1Cl. The van der Waals surface area contributed by atoms with Gasteiger partial charge in [0.15, 0.2) is 0 Å². The van der Waals surface area contributed by atoms with E-state index in [-0.39, 0.29) is 16.6 Å². The molecule has 1 amide bonds. The fourth-order valence-electron chi connectivity index (χ4n) is 1.39. The van der Waals surface area contributed by atoms with Crippen LogP contribution in [0.2, 0.25) is 5.02 Å². The summed E-state index contributed by atoms with van der Waals surface area (Å²) < 4.78 is 0. The van der Waals surface area contributed by atoms with Crippen molar-refractivity contribution in [2.75, 3.05) is 5.32 Å². The van der Waals surface area contributed by atoms with Crippen molar-refractivity contribution in [1.29, 1.82) is 0 Å². The first kappa shape index (κ1) is 14.4. The first-order chi connectivity index (χ1) is 8.45. The third-order valence-electron chi connectivity index (χ3n) is 2.36. The van der Waals surface area contributed by atoms with Gasteiger partial charge in [-0.05, 0) is 12.5 Å². The standard InChI is InChI=1S/C11H14ClN3O3/c1-2-3-9(13)11(16)14-10-5-4-7(15(17)18)6-8(10)12/h4-6,9H,2-3,13H2,1H3,(H,14,16)/t9-/m1/s1. The number of hydrogen-bond donors (Lipinski definition) is 2. The molecule has 0 bridgehead atoms. The minimum absolute atomic E-state index is 0.112. The molecule has 0 radical (unpaired) electrons. The number of anilines is 1. The van der Waals surface area contributed by atoms with Crippen LogP contribution in [0.15, 0.2) is 18.2 Å². The van der Waals surface area contributed by atoms with E-state index in [9.17, 15) is 14.9 Å². The molecule has 0 heterocycles.